The highest BCUT2D eigenvalue weighted by Gasteiger charge is 2.11. The summed E-state index contributed by atoms with van der Waals surface area (Å²) in [6, 6.07) is 13.7. The molecule has 3 rings (SSSR count). The number of halogens is 2. The average Bonchev–Trinajstić information content (AvgIpc) is 2.67. The first-order chi connectivity index (χ1) is 13.3. The molecule has 0 radical (unpaired) electrons. The van der Waals surface area contributed by atoms with Gasteiger partial charge in [0.05, 0.1) is 11.4 Å². The highest BCUT2D eigenvalue weighted by Crippen LogP contribution is 2.18. The summed E-state index contributed by atoms with van der Waals surface area (Å²) in [6.45, 7) is 0. The minimum Gasteiger partial charge on any atom is -0.396 e. The first-order valence-electron chi connectivity index (χ1n) is 8.16. The van der Waals surface area contributed by atoms with Gasteiger partial charge in [-0.2, -0.15) is 0 Å². The van der Waals surface area contributed by atoms with E-state index in [9.17, 15) is 18.4 Å². The molecule has 0 aliphatic rings. The molecule has 0 saturated carbocycles. The Morgan fingerprint density at radius 3 is 1.32 bits per heavy atom. The number of benzene rings is 3. The monoisotopic (exact) mass is 382 g/mol. The molecule has 0 aliphatic heterocycles. The highest BCUT2D eigenvalue weighted by atomic mass is 19.1. The third-order valence-electron chi connectivity index (χ3n) is 3.93. The van der Waals surface area contributed by atoms with Gasteiger partial charge in [-0.15, -0.1) is 0 Å². The van der Waals surface area contributed by atoms with Gasteiger partial charge in [-0.1, -0.05) is 0 Å². The molecule has 3 aromatic rings. The number of hydrogen-bond donors (Lipinski definition) is 4. The maximum atomic E-state index is 13.4. The summed E-state index contributed by atoms with van der Waals surface area (Å²) in [7, 11) is 0. The molecular weight excluding hydrogens is 366 g/mol. The number of carbonyl (C=O) groups is 2. The molecule has 0 spiro atoms. The van der Waals surface area contributed by atoms with Crippen LogP contribution in [0.25, 0.3) is 0 Å². The zero-order chi connectivity index (χ0) is 20.3. The summed E-state index contributed by atoms with van der Waals surface area (Å²) >= 11 is 0. The molecule has 3 aromatic carbocycles. The van der Waals surface area contributed by atoms with Crippen LogP contribution in [-0.4, -0.2) is 11.8 Å². The second-order valence-electron chi connectivity index (χ2n) is 5.96. The van der Waals surface area contributed by atoms with Gasteiger partial charge in [0.15, 0.2) is 0 Å². The molecule has 0 heterocycles. The fourth-order valence-electron chi connectivity index (χ4n) is 2.39. The van der Waals surface area contributed by atoms with Crippen molar-refractivity contribution in [2.24, 2.45) is 0 Å². The Labute approximate surface area is 159 Å². The van der Waals surface area contributed by atoms with E-state index in [1.54, 1.807) is 0 Å². The summed E-state index contributed by atoms with van der Waals surface area (Å²) in [5, 5.41) is 5.08. The van der Waals surface area contributed by atoms with E-state index in [4.69, 9.17) is 11.5 Å². The van der Waals surface area contributed by atoms with Gasteiger partial charge in [0, 0.05) is 22.5 Å². The molecule has 0 saturated heterocycles. The minimum atomic E-state index is -0.635. The maximum Gasteiger partial charge on any atom is 0.255 e. The lowest BCUT2D eigenvalue weighted by Gasteiger charge is -2.08. The lowest BCUT2D eigenvalue weighted by molar-refractivity contribution is 0.101. The van der Waals surface area contributed by atoms with Crippen LogP contribution in [0.5, 0.6) is 0 Å². The van der Waals surface area contributed by atoms with Crippen LogP contribution in [0.2, 0.25) is 0 Å². The van der Waals surface area contributed by atoms with E-state index >= 15 is 0 Å². The van der Waals surface area contributed by atoms with E-state index in [1.165, 1.54) is 48.5 Å². The lowest BCUT2D eigenvalue weighted by atomic mass is 10.1. The van der Waals surface area contributed by atoms with Crippen LogP contribution >= 0.6 is 0 Å². The molecule has 2 amide bonds. The molecule has 0 fully saturated rings. The Morgan fingerprint density at radius 1 is 0.643 bits per heavy atom. The fourth-order valence-corrected chi connectivity index (χ4v) is 2.39. The van der Waals surface area contributed by atoms with Gasteiger partial charge in [0.25, 0.3) is 11.8 Å². The van der Waals surface area contributed by atoms with Gasteiger partial charge in [-0.05, 0) is 60.7 Å². The highest BCUT2D eigenvalue weighted by molar-refractivity contribution is 6.07. The predicted molar refractivity (Wildman–Crippen MR) is 104 cm³/mol. The lowest BCUT2D eigenvalue weighted by Crippen LogP contribution is -2.14. The summed E-state index contributed by atoms with van der Waals surface area (Å²) in [5.41, 5.74) is 11.8. The first kappa shape index (κ1) is 18.8. The maximum absolute atomic E-state index is 13.4. The van der Waals surface area contributed by atoms with Crippen molar-refractivity contribution in [3.63, 3.8) is 0 Å². The SMILES string of the molecule is Nc1ccc(NC(=O)c2ccc(C(=O)Nc3ccc(N)c(F)c3)cc2)cc1F. The zero-order valence-corrected chi connectivity index (χ0v) is 14.5. The molecule has 0 unspecified atom stereocenters. The van der Waals surface area contributed by atoms with Crippen molar-refractivity contribution in [3.8, 4) is 0 Å². The number of nitrogens with one attached hydrogen (secondary N) is 2. The molecule has 0 bridgehead atoms. The van der Waals surface area contributed by atoms with Crippen molar-refractivity contribution >= 4 is 34.6 Å². The standard InChI is InChI=1S/C20H16F2N4O2/c21-15-9-13(5-7-17(15)23)25-19(27)11-1-2-12(4-3-11)20(28)26-14-6-8-18(24)16(22)10-14/h1-10H,23-24H2,(H,25,27)(H,26,28). The number of carbonyl (C=O) groups excluding carboxylic acids is 2. The van der Waals surface area contributed by atoms with E-state index in [0.717, 1.165) is 12.1 Å². The van der Waals surface area contributed by atoms with Crippen LogP contribution in [0, 0.1) is 11.6 Å². The molecule has 8 heteroatoms. The number of nitrogens with two attached hydrogens (primary N) is 2. The van der Waals surface area contributed by atoms with E-state index in [-0.39, 0.29) is 33.9 Å². The van der Waals surface area contributed by atoms with Crippen LogP contribution in [0.3, 0.4) is 0 Å². The average molecular weight is 382 g/mol. The van der Waals surface area contributed by atoms with E-state index < -0.39 is 23.4 Å². The molecule has 142 valence electrons. The smallest absolute Gasteiger partial charge is 0.255 e. The van der Waals surface area contributed by atoms with Crippen molar-refractivity contribution in [1.29, 1.82) is 0 Å². The van der Waals surface area contributed by atoms with Crippen molar-refractivity contribution in [2.45, 2.75) is 0 Å². The predicted octanol–water partition coefficient (Wildman–Crippen LogP) is 3.63. The third kappa shape index (κ3) is 4.24. The van der Waals surface area contributed by atoms with Gasteiger partial charge < -0.3 is 22.1 Å². The molecule has 0 aliphatic carbocycles. The summed E-state index contributed by atoms with van der Waals surface area (Å²) in [4.78, 5) is 24.5. The quantitative estimate of drug-likeness (QED) is 0.516. The summed E-state index contributed by atoms with van der Waals surface area (Å²) in [6.07, 6.45) is 0. The largest absolute Gasteiger partial charge is 0.396 e. The molecule has 6 N–H and O–H groups in total. The Morgan fingerprint density at radius 2 is 1.00 bits per heavy atom. The number of rotatable bonds is 4. The van der Waals surface area contributed by atoms with Crippen molar-refractivity contribution in [2.75, 3.05) is 22.1 Å². The summed E-state index contributed by atoms with van der Waals surface area (Å²) < 4.78 is 26.9. The fraction of sp³-hybridized carbons (Fsp3) is 0. The Kier molecular flexibility index (Phi) is 5.21. The Bertz CT molecular complexity index is 968. The number of hydrogen-bond acceptors (Lipinski definition) is 4. The van der Waals surface area contributed by atoms with Crippen molar-refractivity contribution < 1.29 is 18.4 Å². The van der Waals surface area contributed by atoms with E-state index in [1.807, 2.05) is 0 Å². The van der Waals surface area contributed by atoms with Gasteiger partial charge in [-0.3, -0.25) is 9.59 Å². The normalized spacial score (nSPS) is 10.4. The van der Waals surface area contributed by atoms with Crippen LogP contribution in [0.1, 0.15) is 20.7 Å². The Balaban J connectivity index is 1.67. The van der Waals surface area contributed by atoms with Crippen LogP contribution in [0.4, 0.5) is 31.5 Å². The topological polar surface area (TPSA) is 110 Å². The molecular formula is C20H16F2N4O2. The molecule has 6 nitrogen and oxygen atoms in total. The Hall–Kier alpha value is -3.94. The van der Waals surface area contributed by atoms with Gasteiger partial charge >= 0.3 is 0 Å². The first-order valence-corrected chi connectivity index (χ1v) is 8.16. The molecule has 0 aromatic heterocycles. The van der Waals surface area contributed by atoms with E-state index in [2.05, 4.69) is 10.6 Å². The second kappa shape index (κ2) is 7.75. The van der Waals surface area contributed by atoms with E-state index in [0.29, 0.717) is 0 Å². The molecule has 0 atom stereocenters. The zero-order valence-electron chi connectivity index (χ0n) is 14.5. The second-order valence-corrected chi connectivity index (χ2v) is 5.96. The van der Waals surface area contributed by atoms with Gasteiger partial charge in [-0.25, -0.2) is 8.78 Å². The van der Waals surface area contributed by atoms with Crippen LogP contribution < -0.4 is 22.1 Å². The number of anilines is 4. The third-order valence-corrected chi connectivity index (χ3v) is 3.93. The molecule has 28 heavy (non-hydrogen) atoms. The van der Waals surface area contributed by atoms with Gasteiger partial charge in [0.2, 0.25) is 0 Å². The van der Waals surface area contributed by atoms with Gasteiger partial charge in [0.1, 0.15) is 11.6 Å². The van der Waals surface area contributed by atoms with Crippen molar-refractivity contribution in [3.05, 3.63) is 83.4 Å². The number of amides is 2. The van der Waals surface area contributed by atoms with Crippen LogP contribution in [-0.2, 0) is 0 Å². The minimum absolute atomic E-state index is 0.0191. The van der Waals surface area contributed by atoms with Crippen molar-refractivity contribution in [1.82, 2.24) is 0 Å². The summed E-state index contributed by atoms with van der Waals surface area (Å²) in [5.74, 6) is -2.22. The number of nitrogen functional groups attached to an aromatic ring is 2. The van der Waals surface area contributed by atoms with Crippen LogP contribution in [0.15, 0.2) is 60.7 Å².